The van der Waals surface area contributed by atoms with Gasteiger partial charge in [-0.15, -0.1) is 0 Å². The van der Waals surface area contributed by atoms with Crippen LogP contribution in [0.3, 0.4) is 0 Å². The fraction of sp³-hybridized carbons (Fsp3) is 0.917. The van der Waals surface area contributed by atoms with Gasteiger partial charge in [-0.25, -0.2) is 0 Å². The monoisotopic (exact) mass is 536 g/mol. The van der Waals surface area contributed by atoms with Crippen LogP contribution >= 0.6 is 0 Å². The molecule has 0 aliphatic heterocycles. The van der Waals surface area contributed by atoms with E-state index in [9.17, 15) is 19.8 Å². The third kappa shape index (κ3) is 26.3. The van der Waals surface area contributed by atoms with E-state index in [1.54, 1.807) is 0 Å². The maximum Gasteiger partial charge on any atom is 1.00 e. The van der Waals surface area contributed by atoms with Crippen molar-refractivity contribution in [2.75, 3.05) is 52.5 Å². The first kappa shape index (κ1) is 43.7. The Hall–Kier alpha value is 0.700. The summed E-state index contributed by atoms with van der Waals surface area (Å²) in [6.45, 7) is 7.07. The molecule has 0 aromatic heterocycles. The number of rotatable bonds is 22. The summed E-state index contributed by atoms with van der Waals surface area (Å²) in [5.41, 5.74) is 11.4. The first-order valence-corrected chi connectivity index (χ1v) is 12.8. The van der Waals surface area contributed by atoms with Gasteiger partial charge >= 0.3 is 59.1 Å². The number of carboxylic acid groups (broad SMARTS) is 2. The summed E-state index contributed by atoms with van der Waals surface area (Å²) in [4.78, 5) is 24.8. The van der Waals surface area contributed by atoms with Crippen LogP contribution in [0.1, 0.15) is 78.1 Å². The number of carbonyl (C=O) groups is 2. The van der Waals surface area contributed by atoms with Gasteiger partial charge < -0.3 is 41.5 Å². The second-order valence-corrected chi connectivity index (χ2v) is 8.53. The van der Waals surface area contributed by atoms with E-state index in [2.05, 4.69) is 13.8 Å². The van der Waals surface area contributed by atoms with Crippen molar-refractivity contribution in [1.29, 1.82) is 0 Å². The number of aliphatic hydroxyl groups excluding tert-OH is 2. The van der Waals surface area contributed by atoms with Gasteiger partial charge in [0.2, 0.25) is 0 Å². The molecule has 0 saturated carbocycles. The molecule has 0 aliphatic rings. The molecular formula is C24H50N4Na2O6. The molecule has 0 heterocycles. The van der Waals surface area contributed by atoms with E-state index >= 15 is 0 Å². The quantitative estimate of drug-likeness (QED) is 0.0767. The molecule has 6 N–H and O–H groups in total. The van der Waals surface area contributed by atoms with Crippen LogP contribution in [0.4, 0.5) is 0 Å². The molecule has 0 saturated heterocycles. The van der Waals surface area contributed by atoms with Gasteiger partial charge in [0, 0.05) is 63.3 Å². The first-order valence-electron chi connectivity index (χ1n) is 12.8. The SMILES string of the molecule is CCCCCC(CN)N(CCO)CCC(=O)[O-].CCCCCC(CN)N(CCO)CCC(=O)[O-].[Na+].[Na+]. The van der Waals surface area contributed by atoms with Crippen LogP contribution in [0, 0.1) is 0 Å². The zero-order valence-corrected chi connectivity index (χ0v) is 27.5. The summed E-state index contributed by atoms with van der Waals surface area (Å²) in [7, 11) is 0. The van der Waals surface area contributed by atoms with Crippen LogP contribution in [0.5, 0.6) is 0 Å². The molecule has 10 nitrogen and oxygen atoms in total. The van der Waals surface area contributed by atoms with Crippen LogP contribution in [0.2, 0.25) is 0 Å². The van der Waals surface area contributed by atoms with E-state index in [0.717, 1.165) is 51.4 Å². The molecular weight excluding hydrogens is 486 g/mol. The van der Waals surface area contributed by atoms with Crippen molar-refractivity contribution in [3.8, 4) is 0 Å². The van der Waals surface area contributed by atoms with Crippen molar-refractivity contribution in [2.24, 2.45) is 11.5 Å². The molecule has 0 aliphatic carbocycles. The maximum atomic E-state index is 10.4. The molecule has 0 aromatic rings. The standard InChI is InChI=1S/2C12H26N2O3.2Na/c2*1-2-3-4-5-11(10-13)14(8-9-15)7-6-12(16)17;;/h2*11,15H,2-10,13H2,1H3,(H,16,17);;/q;;2*+1/p-2. The average molecular weight is 537 g/mol. The topological polar surface area (TPSA) is 179 Å². The van der Waals surface area contributed by atoms with Gasteiger partial charge in [-0.05, 0) is 25.7 Å². The number of unbranched alkanes of at least 4 members (excludes halogenated alkanes) is 4. The Balaban J connectivity index is -0.000000269. The van der Waals surface area contributed by atoms with Crippen molar-refractivity contribution < 1.29 is 89.1 Å². The largest absolute Gasteiger partial charge is 1.00 e. The van der Waals surface area contributed by atoms with Gasteiger partial charge in [0.1, 0.15) is 0 Å². The van der Waals surface area contributed by atoms with Crippen molar-refractivity contribution in [2.45, 2.75) is 90.1 Å². The predicted octanol–water partition coefficient (Wildman–Crippen LogP) is -7.34. The maximum absolute atomic E-state index is 10.4. The number of nitrogens with zero attached hydrogens (tertiary/aromatic N) is 2. The van der Waals surface area contributed by atoms with Crippen LogP contribution in [-0.2, 0) is 9.59 Å². The number of hydrogen-bond acceptors (Lipinski definition) is 10. The van der Waals surface area contributed by atoms with E-state index in [0.29, 0.717) is 39.3 Å². The summed E-state index contributed by atoms with van der Waals surface area (Å²) < 4.78 is 0. The predicted molar refractivity (Wildman–Crippen MR) is 131 cm³/mol. The van der Waals surface area contributed by atoms with Gasteiger partial charge in [0.25, 0.3) is 0 Å². The van der Waals surface area contributed by atoms with Crippen molar-refractivity contribution in [3.05, 3.63) is 0 Å². The van der Waals surface area contributed by atoms with E-state index in [1.165, 1.54) is 0 Å². The number of nitrogens with two attached hydrogens (primary N) is 2. The molecule has 12 heteroatoms. The normalized spacial score (nSPS) is 12.2. The van der Waals surface area contributed by atoms with E-state index in [4.69, 9.17) is 21.7 Å². The summed E-state index contributed by atoms with van der Waals surface area (Å²) in [5, 5.41) is 38.8. The third-order valence-corrected chi connectivity index (χ3v) is 5.84. The van der Waals surface area contributed by atoms with Crippen molar-refractivity contribution in [1.82, 2.24) is 9.80 Å². The summed E-state index contributed by atoms with van der Waals surface area (Å²) in [6, 6.07) is 0.320. The Kier molecular flexibility index (Phi) is 38.8. The summed E-state index contributed by atoms with van der Waals surface area (Å²) in [5.74, 6) is -2.12. The number of hydrogen-bond donors (Lipinski definition) is 4. The molecule has 0 spiro atoms. The van der Waals surface area contributed by atoms with Gasteiger partial charge in [-0.1, -0.05) is 52.4 Å². The Morgan fingerprint density at radius 2 is 1.03 bits per heavy atom. The van der Waals surface area contributed by atoms with Crippen LogP contribution in [0.15, 0.2) is 0 Å². The van der Waals surface area contributed by atoms with Crippen LogP contribution < -0.4 is 80.8 Å². The second kappa shape index (κ2) is 31.9. The van der Waals surface area contributed by atoms with Gasteiger partial charge in [0.15, 0.2) is 0 Å². The fourth-order valence-corrected chi connectivity index (χ4v) is 3.84. The smallest absolute Gasteiger partial charge is 0.550 e. The van der Waals surface area contributed by atoms with Gasteiger partial charge in [-0.3, -0.25) is 9.80 Å². The zero-order chi connectivity index (χ0) is 26.2. The molecule has 2 unspecified atom stereocenters. The fourth-order valence-electron chi connectivity index (χ4n) is 3.84. The first-order chi connectivity index (χ1) is 16.3. The molecule has 36 heavy (non-hydrogen) atoms. The number of aliphatic hydroxyl groups is 2. The molecule has 0 aromatic carbocycles. The van der Waals surface area contributed by atoms with Gasteiger partial charge in [-0.2, -0.15) is 0 Å². The van der Waals surface area contributed by atoms with Crippen LogP contribution in [0.25, 0.3) is 0 Å². The molecule has 0 fully saturated rings. The summed E-state index contributed by atoms with van der Waals surface area (Å²) >= 11 is 0. The Morgan fingerprint density at radius 3 is 1.25 bits per heavy atom. The Morgan fingerprint density at radius 1 is 0.694 bits per heavy atom. The molecule has 0 radical (unpaired) electrons. The minimum absolute atomic E-state index is 0. The summed E-state index contributed by atoms with van der Waals surface area (Å²) in [6.07, 6.45) is 8.68. The molecule has 204 valence electrons. The minimum atomic E-state index is -1.06. The molecule has 0 rings (SSSR count). The van der Waals surface area contributed by atoms with Crippen molar-refractivity contribution >= 4 is 11.9 Å². The zero-order valence-electron chi connectivity index (χ0n) is 23.5. The van der Waals surface area contributed by atoms with Crippen LogP contribution in [-0.4, -0.2) is 96.5 Å². The van der Waals surface area contributed by atoms with E-state index in [1.807, 2.05) is 9.80 Å². The van der Waals surface area contributed by atoms with Gasteiger partial charge in [0.05, 0.1) is 13.2 Å². The van der Waals surface area contributed by atoms with E-state index < -0.39 is 11.9 Å². The molecule has 0 amide bonds. The Labute approximate surface area is 263 Å². The molecule has 0 bridgehead atoms. The number of carbonyl (C=O) groups excluding carboxylic acids is 2. The second-order valence-electron chi connectivity index (χ2n) is 8.53. The molecule has 2 atom stereocenters. The van der Waals surface area contributed by atoms with E-state index in [-0.39, 0.29) is 97.3 Å². The average Bonchev–Trinajstić information content (AvgIpc) is 2.81. The number of carboxylic acids is 2. The Bertz CT molecular complexity index is 454. The number of aliphatic carboxylic acids is 2. The minimum Gasteiger partial charge on any atom is -0.550 e. The van der Waals surface area contributed by atoms with Crippen molar-refractivity contribution in [3.63, 3.8) is 0 Å². The third-order valence-electron chi connectivity index (χ3n) is 5.84.